The zero-order valence-electron chi connectivity index (χ0n) is 10.3. The van der Waals surface area contributed by atoms with Crippen LogP contribution in [0.4, 0.5) is 0 Å². The van der Waals surface area contributed by atoms with Gasteiger partial charge in [-0.1, -0.05) is 34.8 Å². The molecule has 0 aliphatic rings. The molecule has 0 fully saturated rings. The molecule has 0 aromatic heterocycles. The second-order valence-corrected chi connectivity index (χ2v) is 5.08. The van der Waals surface area contributed by atoms with Crippen molar-refractivity contribution >= 4 is 34.8 Å². The topological polar surface area (TPSA) is 30.5 Å². The zero-order chi connectivity index (χ0) is 13.5. The SMILES string of the molecule is COCC(C)NCCOc1cc(Cl)c(Cl)cc1Cl. The normalized spacial score (nSPS) is 12.5. The van der Waals surface area contributed by atoms with E-state index >= 15 is 0 Å². The molecule has 0 aliphatic carbocycles. The summed E-state index contributed by atoms with van der Waals surface area (Å²) in [4.78, 5) is 0. The van der Waals surface area contributed by atoms with E-state index in [0.717, 1.165) is 0 Å². The van der Waals surface area contributed by atoms with Crippen molar-refractivity contribution in [3.05, 3.63) is 27.2 Å². The third kappa shape index (κ3) is 5.21. The lowest BCUT2D eigenvalue weighted by Gasteiger charge is -2.14. The third-order valence-corrected chi connectivity index (χ3v) is 3.26. The summed E-state index contributed by atoms with van der Waals surface area (Å²) >= 11 is 17.7. The van der Waals surface area contributed by atoms with Gasteiger partial charge in [-0.05, 0) is 13.0 Å². The Kier molecular flexibility index (Phi) is 7.12. The molecule has 0 radical (unpaired) electrons. The maximum absolute atomic E-state index is 5.98. The van der Waals surface area contributed by atoms with Gasteiger partial charge >= 0.3 is 0 Å². The van der Waals surface area contributed by atoms with E-state index in [9.17, 15) is 0 Å². The van der Waals surface area contributed by atoms with E-state index in [-0.39, 0.29) is 6.04 Å². The molecule has 0 spiro atoms. The van der Waals surface area contributed by atoms with Crippen LogP contribution < -0.4 is 10.1 Å². The first-order valence-electron chi connectivity index (χ1n) is 5.54. The molecule has 0 aliphatic heterocycles. The highest BCUT2D eigenvalue weighted by Crippen LogP contribution is 2.33. The van der Waals surface area contributed by atoms with Gasteiger partial charge in [0.1, 0.15) is 12.4 Å². The van der Waals surface area contributed by atoms with E-state index in [0.29, 0.717) is 40.6 Å². The summed E-state index contributed by atoms with van der Waals surface area (Å²) in [5.74, 6) is 0.535. The van der Waals surface area contributed by atoms with Crippen LogP contribution >= 0.6 is 34.8 Å². The minimum Gasteiger partial charge on any atom is -0.491 e. The Morgan fingerprint density at radius 2 is 1.83 bits per heavy atom. The highest BCUT2D eigenvalue weighted by Gasteiger charge is 2.07. The number of hydrogen-bond acceptors (Lipinski definition) is 3. The van der Waals surface area contributed by atoms with E-state index < -0.39 is 0 Å². The Morgan fingerprint density at radius 1 is 1.17 bits per heavy atom. The van der Waals surface area contributed by atoms with E-state index in [1.807, 2.05) is 6.92 Å². The second-order valence-electron chi connectivity index (χ2n) is 3.86. The van der Waals surface area contributed by atoms with Crippen LogP contribution in [0.25, 0.3) is 0 Å². The largest absolute Gasteiger partial charge is 0.491 e. The number of halogens is 3. The summed E-state index contributed by atoms with van der Waals surface area (Å²) in [6.07, 6.45) is 0. The van der Waals surface area contributed by atoms with Crippen LogP contribution in [-0.2, 0) is 4.74 Å². The molecule has 0 saturated carbocycles. The van der Waals surface area contributed by atoms with Crippen LogP contribution in [0.1, 0.15) is 6.92 Å². The van der Waals surface area contributed by atoms with Crippen molar-refractivity contribution < 1.29 is 9.47 Å². The quantitative estimate of drug-likeness (QED) is 0.616. The Hall–Kier alpha value is -0.190. The minimum atomic E-state index is 0.280. The standard InChI is InChI=1S/C12H16Cl3NO2/c1-8(7-17-2)16-3-4-18-12-6-10(14)9(13)5-11(12)15/h5-6,8,16H,3-4,7H2,1-2H3. The van der Waals surface area contributed by atoms with E-state index in [2.05, 4.69) is 5.32 Å². The summed E-state index contributed by atoms with van der Waals surface area (Å²) < 4.78 is 10.5. The van der Waals surface area contributed by atoms with Gasteiger partial charge in [-0.15, -0.1) is 0 Å². The molecule has 0 amide bonds. The molecule has 1 aromatic rings. The molecule has 18 heavy (non-hydrogen) atoms. The molecular formula is C12H16Cl3NO2. The third-order valence-electron chi connectivity index (χ3n) is 2.24. The molecule has 1 rings (SSSR count). The summed E-state index contributed by atoms with van der Waals surface area (Å²) in [5.41, 5.74) is 0. The lowest BCUT2D eigenvalue weighted by atomic mass is 10.3. The first-order valence-corrected chi connectivity index (χ1v) is 6.67. The van der Waals surface area contributed by atoms with Crippen molar-refractivity contribution in [3.8, 4) is 5.75 Å². The number of hydrogen-bond donors (Lipinski definition) is 1. The first kappa shape index (κ1) is 15.9. The summed E-state index contributed by atoms with van der Waals surface area (Å²) in [7, 11) is 1.67. The van der Waals surface area contributed by atoms with Gasteiger partial charge in [0.2, 0.25) is 0 Å². The molecule has 3 nitrogen and oxygen atoms in total. The fourth-order valence-electron chi connectivity index (χ4n) is 1.39. The number of nitrogens with one attached hydrogen (secondary N) is 1. The zero-order valence-corrected chi connectivity index (χ0v) is 12.6. The van der Waals surface area contributed by atoms with E-state index in [1.54, 1.807) is 19.2 Å². The van der Waals surface area contributed by atoms with Crippen molar-refractivity contribution in [3.63, 3.8) is 0 Å². The lowest BCUT2D eigenvalue weighted by molar-refractivity contribution is 0.169. The van der Waals surface area contributed by atoms with Gasteiger partial charge in [0, 0.05) is 25.8 Å². The molecule has 0 heterocycles. The molecule has 1 unspecified atom stereocenters. The van der Waals surface area contributed by atoms with Gasteiger partial charge in [0.25, 0.3) is 0 Å². The Bertz CT molecular complexity index is 388. The van der Waals surface area contributed by atoms with E-state index in [1.165, 1.54) is 0 Å². The smallest absolute Gasteiger partial charge is 0.139 e. The number of methoxy groups -OCH3 is 1. The van der Waals surface area contributed by atoms with Crippen molar-refractivity contribution in [1.29, 1.82) is 0 Å². The van der Waals surface area contributed by atoms with E-state index in [4.69, 9.17) is 44.3 Å². The molecule has 1 atom stereocenters. The van der Waals surface area contributed by atoms with Crippen molar-refractivity contribution in [2.45, 2.75) is 13.0 Å². The molecule has 1 aromatic carbocycles. The molecule has 0 bridgehead atoms. The first-order chi connectivity index (χ1) is 8.54. The summed E-state index contributed by atoms with van der Waals surface area (Å²) in [5, 5.41) is 4.55. The maximum Gasteiger partial charge on any atom is 0.139 e. The Morgan fingerprint density at radius 3 is 2.50 bits per heavy atom. The van der Waals surface area contributed by atoms with Gasteiger partial charge in [-0.3, -0.25) is 0 Å². The van der Waals surface area contributed by atoms with Crippen LogP contribution in [0.5, 0.6) is 5.75 Å². The van der Waals surface area contributed by atoms with Crippen molar-refractivity contribution in [1.82, 2.24) is 5.32 Å². The van der Waals surface area contributed by atoms with Crippen LogP contribution in [0.2, 0.25) is 15.1 Å². The highest BCUT2D eigenvalue weighted by atomic mass is 35.5. The van der Waals surface area contributed by atoms with Crippen molar-refractivity contribution in [2.75, 3.05) is 26.9 Å². The second kappa shape index (κ2) is 8.08. The summed E-state index contributed by atoms with van der Waals surface area (Å²) in [6.45, 7) is 3.88. The van der Waals surface area contributed by atoms with Crippen LogP contribution in [0.3, 0.4) is 0 Å². The lowest BCUT2D eigenvalue weighted by Crippen LogP contribution is -2.33. The number of rotatable bonds is 7. The fourth-order valence-corrected chi connectivity index (χ4v) is 1.98. The molecule has 0 saturated heterocycles. The predicted molar refractivity (Wildman–Crippen MR) is 76.3 cm³/mol. The number of ether oxygens (including phenoxy) is 2. The van der Waals surface area contributed by atoms with Crippen LogP contribution in [0, 0.1) is 0 Å². The average molecular weight is 313 g/mol. The summed E-state index contributed by atoms with van der Waals surface area (Å²) in [6, 6.07) is 3.47. The van der Waals surface area contributed by atoms with Gasteiger partial charge in [-0.2, -0.15) is 0 Å². The Balaban J connectivity index is 2.38. The van der Waals surface area contributed by atoms with Gasteiger partial charge < -0.3 is 14.8 Å². The highest BCUT2D eigenvalue weighted by molar-refractivity contribution is 6.43. The average Bonchev–Trinajstić information content (AvgIpc) is 2.31. The molecule has 102 valence electrons. The molecular weight excluding hydrogens is 296 g/mol. The van der Waals surface area contributed by atoms with Gasteiger partial charge in [-0.25, -0.2) is 0 Å². The van der Waals surface area contributed by atoms with Gasteiger partial charge in [0.05, 0.1) is 21.7 Å². The number of benzene rings is 1. The van der Waals surface area contributed by atoms with Crippen molar-refractivity contribution in [2.24, 2.45) is 0 Å². The minimum absolute atomic E-state index is 0.280. The van der Waals surface area contributed by atoms with Gasteiger partial charge in [0.15, 0.2) is 0 Å². The predicted octanol–water partition coefficient (Wildman–Crippen LogP) is 3.65. The molecule has 1 N–H and O–H groups in total. The Labute approximate surface area is 122 Å². The van der Waals surface area contributed by atoms with Crippen LogP contribution in [0.15, 0.2) is 12.1 Å². The fraction of sp³-hybridized carbons (Fsp3) is 0.500. The monoisotopic (exact) mass is 311 g/mol. The maximum atomic E-state index is 5.98. The molecule has 6 heteroatoms. The van der Waals surface area contributed by atoms with Crippen LogP contribution in [-0.4, -0.2) is 32.9 Å².